The molecule has 0 heterocycles. The average Bonchev–Trinajstić information content (AvgIpc) is 2.94. The van der Waals surface area contributed by atoms with E-state index in [1.165, 1.54) is 4.90 Å². The first-order chi connectivity index (χ1) is 19.5. The maximum atomic E-state index is 14.1. The first-order valence-electron chi connectivity index (χ1n) is 13.3. The van der Waals surface area contributed by atoms with Crippen molar-refractivity contribution in [3.63, 3.8) is 0 Å². The summed E-state index contributed by atoms with van der Waals surface area (Å²) in [6.45, 7) is 4.00. The quantitative estimate of drug-likeness (QED) is 0.263. The number of hydrogen-bond donors (Lipinski definition) is 1. The molecule has 3 aromatic carbocycles. The minimum absolute atomic E-state index is 0.102. The maximum Gasteiger partial charge on any atom is 0.244 e. The lowest BCUT2D eigenvalue weighted by Crippen LogP contribution is -2.53. The van der Waals surface area contributed by atoms with Crippen LogP contribution in [0.5, 0.6) is 5.75 Å². The number of ether oxygens (including phenoxy) is 1. The summed E-state index contributed by atoms with van der Waals surface area (Å²) in [5.41, 5.74) is 1.58. The molecule has 0 bridgehead atoms. The molecule has 1 N–H and O–H groups in total. The minimum atomic E-state index is -3.89. The molecule has 0 saturated carbocycles. The van der Waals surface area contributed by atoms with Gasteiger partial charge in [0.15, 0.2) is 0 Å². The van der Waals surface area contributed by atoms with Gasteiger partial charge in [-0.1, -0.05) is 66.5 Å². The van der Waals surface area contributed by atoms with Gasteiger partial charge in [0, 0.05) is 35.1 Å². The fraction of sp³-hybridized carbons (Fsp3) is 0.333. The summed E-state index contributed by atoms with van der Waals surface area (Å²) in [5, 5.41) is 3.55. The second-order valence-corrected chi connectivity index (χ2v) is 12.1. The zero-order valence-electron chi connectivity index (χ0n) is 23.3. The Hall–Kier alpha value is -3.27. The molecule has 11 heteroatoms. The molecule has 0 spiro atoms. The predicted octanol–water partition coefficient (Wildman–Crippen LogP) is 5.32. The van der Waals surface area contributed by atoms with Crippen LogP contribution in [0.4, 0.5) is 5.69 Å². The Bertz CT molecular complexity index is 1400. The number of anilines is 1. The molecule has 1 atom stereocenters. The molecule has 2 amide bonds. The van der Waals surface area contributed by atoms with Crippen molar-refractivity contribution in [1.82, 2.24) is 10.2 Å². The topological polar surface area (TPSA) is 96.0 Å². The summed E-state index contributed by atoms with van der Waals surface area (Å²) < 4.78 is 32.3. The molecule has 0 radical (unpaired) electrons. The van der Waals surface area contributed by atoms with Crippen molar-refractivity contribution in [3.8, 4) is 5.75 Å². The van der Waals surface area contributed by atoms with Gasteiger partial charge in [0.05, 0.1) is 18.6 Å². The second-order valence-electron chi connectivity index (χ2n) is 9.41. The van der Waals surface area contributed by atoms with E-state index in [1.54, 1.807) is 42.5 Å². The number of rotatable bonds is 14. The highest BCUT2D eigenvalue weighted by Crippen LogP contribution is 2.28. The highest BCUT2D eigenvalue weighted by Gasteiger charge is 2.33. The van der Waals surface area contributed by atoms with E-state index in [0.717, 1.165) is 16.1 Å². The molecule has 41 heavy (non-hydrogen) atoms. The van der Waals surface area contributed by atoms with Crippen LogP contribution in [0, 0.1) is 0 Å². The monoisotopic (exact) mass is 619 g/mol. The molecule has 220 valence electrons. The van der Waals surface area contributed by atoms with E-state index in [1.807, 2.05) is 44.2 Å². The number of halogens is 2. The zero-order valence-corrected chi connectivity index (χ0v) is 25.7. The number of carbonyl (C=O) groups excluding carboxylic acids is 2. The lowest BCUT2D eigenvalue weighted by Gasteiger charge is -2.34. The lowest BCUT2D eigenvalue weighted by atomic mass is 10.0. The molecule has 0 aliphatic rings. The van der Waals surface area contributed by atoms with E-state index in [9.17, 15) is 18.0 Å². The highest BCUT2D eigenvalue weighted by atomic mass is 35.5. The fourth-order valence-electron chi connectivity index (χ4n) is 4.26. The van der Waals surface area contributed by atoms with Gasteiger partial charge in [-0.2, -0.15) is 0 Å². The molecule has 0 aromatic heterocycles. The third-order valence-corrected chi connectivity index (χ3v) is 8.17. The molecule has 0 fully saturated rings. The van der Waals surface area contributed by atoms with Crippen LogP contribution in [0.1, 0.15) is 31.4 Å². The van der Waals surface area contributed by atoms with Crippen molar-refractivity contribution in [2.75, 3.05) is 30.3 Å². The Labute approximate surface area is 252 Å². The summed E-state index contributed by atoms with van der Waals surface area (Å²) >= 11 is 13.0. The summed E-state index contributed by atoms with van der Waals surface area (Å²) in [6.07, 6.45) is 1.93. The van der Waals surface area contributed by atoms with Crippen molar-refractivity contribution < 1.29 is 22.7 Å². The SMILES string of the molecule is CCCNC(=O)[C@H](Cc1ccccc1)N(Cc1c(Cl)cccc1Cl)C(=O)CN(c1ccc(OCC)cc1)S(C)(=O)=O. The van der Waals surface area contributed by atoms with Crippen LogP contribution in [0.25, 0.3) is 0 Å². The third kappa shape index (κ3) is 9.11. The first kappa shape index (κ1) is 32.2. The summed E-state index contributed by atoms with van der Waals surface area (Å²) in [7, 11) is -3.89. The number of amides is 2. The predicted molar refractivity (Wildman–Crippen MR) is 164 cm³/mol. The molecule has 3 aromatic rings. The fourth-order valence-corrected chi connectivity index (χ4v) is 5.63. The molecule has 0 aliphatic carbocycles. The number of sulfonamides is 1. The standard InChI is InChI=1S/C30H35Cl2N3O5S/c1-4-18-33-30(37)28(19-22-10-7-6-8-11-22)34(20-25-26(31)12-9-13-27(25)32)29(36)21-35(41(3,38)39)23-14-16-24(17-15-23)40-5-2/h6-17,28H,4-5,18-21H2,1-3H3,(H,33,37)/t28-/m0/s1. The van der Waals surface area contributed by atoms with Crippen LogP contribution in [0.3, 0.4) is 0 Å². The van der Waals surface area contributed by atoms with Gasteiger partial charge < -0.3 is 15.0 Å². The van der Waals surface area contributed by atoms with Crippen LogP contribution in [0.2, 0.25) is 10.0 Å². The number of carbonyl (C=O) groups is 2. The maximum absolute atomic E-state index is 14.1. The van der Waals surface area contributed by atoms with E-state index in [-0.39, 0.29) is 24.6 Å². The van der Waals surface area contributed by atoms with Gasteiger partial charge in [-0.15, -0.1) is 0 Å². The molecule has 0 unspecified atom stereocenters. The van der Waals surface area contributed by atoms with Crippen molar-refractivity contribution in [3.05, 3.63) is 94.0 Å². The largest absolute Gasteiger partial charge is 0.494 e. The summed E-state index contributed by atoms with van der Waals surface area (Å²) in [6, 6.07) is 19.7. The van der Waals surface area contributed by atoms with Crippen molar-refractivity contribution in [1.29, 1.82) is 0 Å². The smallest absolute Gasteiger partial charge is 0.244 e. The number of benzene rings is 3. The number of nitrogens with zero attached hydrogens (tertiary/aromatic N) is 2. The first-order valence-corrected chi connectivity index (χ1v) is 15.9. The normalized spacial score (nSPS) is 11.9. The molecule has 8 nitrogen and oxygen atoms in total. The molecular weight excluding hydrogens is 585 g/mol. The van der Waals surface area contributed by atoms with Crippen molar-refractivity contribution >= 4 is 50.7 Å². The highest BCUT2D eigenvalue weighted by molar-refractivity contribution is 7.92. The Morgan fingerprint density at radius 3 is 2.12 bits per heavy atom. The summed E-state index contributed by atoms with van der Waals surface area (Å²) in [4.78, 5) is 29.0. The van der Waals surface area contributed by atoms with E-state index in [4.69, 9.17) is 27.9 Å². The van der Waals surface area contributed by atoms with Crippen molar-refractivity contribution in [2.45, 2.75) is 39.3 Å². The Balaban J connectivity index is 2.06. The molecular formula is C30H35Cl2N3O5S. The van der Waals surface area contributed by atoms with Crippen LogP contribution in [0.15, 0.2) is 72.8 Å². The van der Waals surface area contributed by atoms with Crippen LogP contribution >= 0.6 is 23.2 Å². The Morgan fingerprint density at radius 2 is 1.56 bits per heavy atom. The van der Waals surface area contributed by atoms with E-state index in [2.05, 4.69) is 5.32 Å². The molecule has 3 rings (SSSR count). The minimum Gasteiger partial charge on any atom is -0.494 e. The molecule has 0 saturated heterocycles. The number of hydrogen-bond acceptors (Lipinski definition) is 5. The van der Waals surface area contributed by atoms with Crippen molar-refractivity contribution in [2.24, 2.45) is 0 Å². The average molecular weight is 621 g/mol. The van der Waals surface area contributed by atoms with E-state index in [0.29, 0.717) is 40.9 Å². The van der Waals surface area contributed by atoms with E-state index >= 15 is 0 Å². The third-order valence-electron chi connectivity index (χ3n) is 6.33. The van der Waals surface area contributed by atoms with Crippen LogP contribution in [-0.4, -0.2) is 57.1 Å². The van der Waals surface area contributed by atoms with Gasteiger partial charge in [0.25, 0.3) is 0 Å². The van der Waals surface area contributed by atoms with Gasteiger partial charge in [-0.05, 0) is 55.3 Å². The van der Waals surface area contributed by atoms with Crippen LogP contribution < -0.4 is 14.4 Å². The lowest BCUT2D eigenvalue weighted by molar-refractivity contribution is -0.140. The number of nitrogens with one attached hydrogen (secondary N) is 1. The van der Waals surface area contributed by atoms with Gasteiger partial charge in [0.2, 0.25) is 21.8 Å². The van der Waals surface area contributed by atoms with Gasteiger partial charge in [-0.3, -0.25) is 13.9 Å². The van der Waals surface area contributed by atoms with E-state index < -0.39 is 28.5 Å². The Morgan fingerprint density at radius 1 is 0.927 bits per heavy atom. The van der Waals surface area contributed by atoms with Gasteiger partial charge in [0.1, 0.15) is 18.3 Å². The Kier molecular flexibility index (Phi) is 11.9. The zero-order chi connectivity index (χ0) is 30.0. The summed E-state index contributed by atoms with van der Waals surface area (Å²) in [5.74, 6) is -0.381. The molecule has 0 aliphatic heterocycles. The van der Waals surface area contributed by atoms with Crippen LogP contribution in [-0.2, 0) is 32.6 Å². The van der Waals surface area contributed by atoms with Gasteiger partial charge >= 0.3 is 0 Å². The second kappa shape index (κ2) is 15.1. The van der Waals surface area contributed by atoms with Gasteiger partial charge in [-0.25, -0.2) is 8.42 Å².